The molecule has 0 spiro atoms. The second kappa shape index (κ2) is 8.02. The van der Waals surface area contributed by atoms with E-state index in [2.05, 4.69) is 15.9 Å². The fraction of sp³-hybridized carbons (Fsp3) is 0.133. The van der Waals surface area contributed by atoms with Crippen LogP contribution in [0.3, 0.4) is 0 Å². The van der Waals surface area contributed by atoms with Gasteiger partial charge in [0.15, 0.2) is 0 Å². The number of benzene rings is 2. The fourth-order valence-electron chi connectivity index (χ4n) is 1.41. The number of hydrogen-bond acceptors (Lipinski definition) is 4. The van der Waals surface area contributed by atoms with Crippen LogP contribution in [-0.2, 0) is 0 Å². The molecule has 0 radical (unpaired) electrons. The lowest BCUT2D eigenvalue weighted by Gasteiger charge is -2.07. The summed E-state index contributed by atoms with van der Waals surface area (Å²) in [6, 6.07) is 12.8. The van der Waals surface area contributed by atoms with E-state index in [1.807, 2.05) is 19.9 Å². The Hall–Kier alpha value is -2.39. The van der Waals surface area contributed by atoms with Crippen LogP contribution in [0.2, 0.25) is 0 Å². The van der Waals surface area contributed by atoms with E-state index in [9.17, 15) is 10.1 Å². The van der Waals surface area contributed by atoms with Crippen LogP contribution in [0.25, 0.3) is 0 Å². The summed E-state index contributed by atoms with van der Waals surface area (Å²) in [4.78, 5) is 10.1. The summed E-state index contributed by atoms with van der Waals surface area (Å²) < 4.78 is 6.06. The number of rotatable bonds is 3. The smallest absolute Gasteiger partial charge is 0.270 e. The number of nitrogens with zero attached hydrogens (tertiary/aromatic N) is 2. The van der Waals surface area contributed by atoms with Gasteiger partial charge in [-0.2, -0.15) is 5.26 Å². The summed E-state index contributed by atoms with van der Waals surface area (Å²) >= 11 is 3.22. The highest BCUT2D eigenvalue weighted by Crippen LogP contribution is 2.32. The third-order valence-electron chi connectivity index (χ3n) is 2.34. The minimum absolute atomic E-state index is 0.0148. The van der Waals surface area contributed by atoms with Crippen LogP contribution in [0.4, 0.5) is 5.69 Å². The van der Waals surface area contributed by atoms with E-state index in [0.29, 0.717) is 21.5 Å². The highest BCUT2D eigenvalue weighted by Gasteiger charge is 2.10. The van der Waals surface area contributed by atoms with Gasteiger partial charge in [-0.25, -0.2) is 0 Å². The van der Waals surface area contributed by atoms with Crippen molar-refractivity contribution in [2.75, 3.05) is 0 Å². The molecule has 0 saturated carbocycles. The van der Waals surface area contributed by atoms with Gasteiger partial charge in [0.2, 0.25) is 0 Å². The molecule has 0 amide bonds. The second-order valence-corrected chi connectivity index (χ2v) is 4.46. The topological polar surface area (TPSA) is 76.2 Å². The van der Waals surface area contributed by atoms with Crippen LogP contribution in [-0.4, -0.2) is 4.92 Å². The molecule has 0 unspecified atom stereocenters. The quantitative estimate of drug-likeness (QED) is 0.574. The first-order valence-corrected chi connectivity index (χ1v) is 7.01. The SMILES string of the molecule is CC.N#Cc1ccc(Oc2ccc([N+](=O)[O-])cc2Br)cc1. The third kappa shape index (κ3) is 4.58. The molecule has 0 N–H and O–H groups in total. The van der Waals surface area contributed by atoms with Crippen molar-refractivity contribution in [2.45, 2.75) is 13.8 Å². The number of nitro benzene ring substituents is 1. The normalized spacial score (nSPS) is 9.05. The third-order valence-corrected chi connectivity index (χ3v) is 2.96. The number of halogens is 1. The molecule has 0 saturated heterocycles. The summed E-state index contributed by atoms with van der Waals surface area (Å²) in [5, 5.41) is 19.3. The number of non-ortho nitro benzene ring substituents is 1. The van der Waals surface area contributed by atoms with Crippen molar-refractivity contribution in [1.29, 1.82) is 5.26 Å². The van der Waals surface area contributed by atoms with Crippen LogP contribution in [0, 0.1) is 21.4 Å². The molecule has 2 aromatic rings. The molecule has 0 fully saturated rings. The fourth-order valence-corrected chi connectivity index (χ4v) is 1.86. The molecule has 6 heteroatoms. The lowest BCUT2D eigenvalue weighted by Crippen LogP contribution is -1.90. The molecule has 0 aliphatic rings. The van der Waals surface area contributed by atoms with Crippen molar-refractivity contribution < 1.29 is 9.66 Å². The van der Waals surface area contributed by atoms with E-state index in [-0.39, 0.29) is 5.69 Å². The maximum Gasteiger partial charge on any atom is 0.270 e. The van der Waals surface area contributed by atoms with E-state index < -0.39 is 4.92 Å². The molecule has 2 rings (SSSR count). The zero-order valence-electron chi connectivity index (χ0n) is 11.5. The van der Waals surface area contributed by atoms with Crippen LogP contribution in [0.5, 0.6) is 11.5 Å². The van der Waals surface area contributed by atoms with Crippen molar-refractivity contribution in [3.8, 4) is 17.6 Å². The van der Waals surface area contributed by atoms with E-state index >= 15 is 0 Å². The summed E-state index contributed by atoms with van der Waals surface area (Å²) in [5.41, 5.74) is 0.522. The minimum atomic E-state index is -0.476. The summed E-state index contributed by atoms with van der Waals surface area (Å²) in [5.74, 6) is 1.02. The van der Waals surface area contributed by atoms with Crippen LogP contribution in [0.1, 0.15) is 19.4 Å². The molecule has 0 aromatic heterocycles. The molecule has 0 atom stereocenters. The Morgan fingerprint density at radius 2 is 1.81 bits per heavy atom. The molecule has 21 heavy (non-hydrogen) atoms. The Labute approximate surface area is 131 Å². The molecule has 0 bridgehead atoms. The maximum absolute atomic E-state index is 10.6. The highest BCUT2D eigenvalue weighted by molar-refractivity contribution is 9.10. The van der Waals surface area contributed by atoms with Crippen LogP contribution < -0.4 is 4.74 Å². The average molecular weight is 349 g/mol. The van der Waals surface area contributed by atoms with Gasteiger partial charge in [-0.05, 0) is 46.3 Å². The molecule has 0 aliphatic carbocycles. The van der Waals surface area contributed by atoms with E-state index in [1.54, 1.807) is 24.3 Å². The molecule has 0 aliphatic heterocycles. The first kappa shape index (κ1) is 16.7. The zero-order valence-corrected chi connectivity index (χ0v) is 13.1. The van der Waals surface area contributed by atoms with Gasteiger partial charge in [-0.15, -0.1) is 0 Å². The number of ether oxygens (including phenoxy) is 1. The zero-order chi connectivity index (χ0) is 15.8. The largest absolute Gasteiger partial charge is 0.456 e. The van der Waals surface area contributed by atoms with Gasteiger partial charge in [0, 0.05) is 12.1 Å². The maximum atomic E-state index is 10.6. The average Bonchev–Trinajstić information content (AvgIpc) is 2.52. The molecular formula is C15H13BrN2O3. The van der Waals surface area contributed by atoms with Gasteiger partial charge in [0.05, 0.1) is 21.0 Å². The van der Waals surface area contributed by atoms with Crippen LogP contribution in [0.15, 0.2) is 46.9 Å². The number of nitriles is 1. The summed E-state index contributed by atoms with van der Waals surface area (Å²) in [6.45, 7) is 4.00. The molecule has 0 heterocycles. The van der Waals surface area contributed by atoms with Gasteiger partial charge in [-0.3, -0.25) is 10.1 Å². The molecule has 5 nitrogen and oxygen atoms in total. The summed E-state index contributed by atoms with van der Waals surface area (Å²) in [7, 11) is 0. The minimum Gasteiger partial charge on any atom is -0.456 e. The molecule has 108 valence electrons. The van der Waals surface area contributed by atoms with Crippen molar-refractivity contribution >= 4 is 21.6 Å². The Balaban J connectivity index is 0.00000106. The highest BCUT2D eigenvalue weighted by atomic mass is 79.9. The van der Waals surface area contributed by atoms with E-state index in [1.165, 1.54) is 18.2 Å². The van der Waals surface area contributed by atoms with Crippen molar-refractivity contribution in [1.82, 2.24) is 0 Å². The number of nitro groups is 1. The van der Waals surface area contributed by atoms with Crippen molar-refractivity contribution in [2.24, 2.45) is 0 Å². The Morgan fingerprint density at radius 3 is 2.29 bits per heavy atom. The van der Waals surface area contributed by atoms with Gasteiger partial charge in [0.1, 0.15) is 11.5 Å². The second-order valence-electron chi connectivity index (χ2n) is 3.61. The van der Waals surface area contributed by atoms with Gasteiger partial charge >= 0.3 is 0 Å². The Bertz CT molecular complexity index is 664. The Kier molecular flexibility index (Phi) is 6.37. The van der Waals surface area contributed by atoms with Crippen molar-refractivity contribution in [3.63, 3.8) is 0 Å². The van der Waals surface area contributed by atoms with Crippen LogP contribution >= 0.6 is 15.9 Å². The van der Waals surface area contributed by atoms with Gasteiger partial charge in [0.25, 0.3) is 5.69 Å². The summed E-state index contributed by atoms with van der Waals surface area (Å²) in [6.07, 6.45) is 0. The predicted molar refractivity (Wildman–Crippen MR) is 83.4 cm³/mol. The molecule has 2 aromatic carbocycles. The molecular weight excluding hydrogens is 336 g/mol. The number of hydrogen-bond donors (Lipinski definition) is 0. The lowest BCUT2D eigenvalue weighted by atomic mass is 10.2. The van der Waals surface area contributed by atoms with E-state index in [0.717, 1.165) is 0 Å². The monoisotopic (exact) mass is 348 g/mol. The first-order valence-electron chi connectivity index (χ1n) is 6.22. The van der Waals surface area contributed by atoms with E-state index in [4.69, 9.17) is 10.00 Å². The lowest BCUT2D eigenvalue weighted by molar-refractivity contribution is -0.384. The Morgan fingerprint density at radius 1 is 1.19 bits per heavy atom. The predicted octanol–water partition coefficient (Wildman–Crippen LogP) is 5.05. The van der Waals surface area contributed by atoms with Crippen molar-refractivity contribution in [3.05, 3.63) is 62.6 Å². The standard InChI is InChI=1S/C13H7BrN2O3.C2H6/c14-12-7-10(16(17)18)3-6-13(12)19-11-4-1-9(8-15)2-5-11;1-2/h1-7H;1-2H3. The first-order chi connectivity index (χ1) is 10.1. The van der Waals surface area contributed by atoms with Gasteiger partial charge in [-0.1, -0.05) is 13.8 Å². The van der Waals surface area contributed by atoms with Gasteiger partial charge < -0.3 is 4.74 Å².